The summed E-state index contributed by atoms with van der Waals surface area (Å²) in [4.78, 5) is 6.56. The molecule has 0 radical (unpaired) electrons. The van der Waals surface area contributed by atoms with Crippen molar-refractivity contribution in [2.45, 2.75) is 19.0 Å². The smallest absolute Gasteiger partial charge is 0.174 e. The van der Waals surface area contributed by atoms with Crippen molar-refractivity contribution in [1.82, 2.24) is 10.3 Å². The topological polar surface area (TPSA) is 50.5 Å². The third-order valence-corrected chi connectivity index (χ3v) is 6.45. The van der Waals surface area contributed by atoms with Crippen LogP contribution < -0.4 is 15.0 Å². The maximum absolute atomic E-state index is 14.6. The van der Waals surface area contributed by atoms with Crippen molar-refractivity contribution in [3.63, 3.8) is 0 Å². The fourth-order valence-corrected chi connectivity index (χ4v) is 4.82. The molecule has 1 aliphatic rings. The van der Waals surface area contributed by atoms with E-state index in [2.05, 4.69) is 26.2 Å². The molecule has 4 aromatic rings. The molecule has 0 saturated carbocycles. The summed E-state index contributed by atoms with van der Waals surface area (Å²) < 4.78 is 27.1. The van der Waals surface area contributed by atoms with E-state index >= 15 is 0 Å². The molecular formula is C26H21BrFN3O2S. The summed E-state index contributed by atoms with van der Waals surface area (Å²) in [5.74, 6) is 1.52. The number of anilines is 1. The lowest BCUT2D eigenvalue weighted by atomic mass is 10.0. The molecule has 1 fully saturated rings. The summed E-state index contributed by atoms with van der Waals surface area (Å²) in [6.07, 6.45) is 1.75. The normalized spacial score (nSPS) is 17.6. The number of thiocarbonyl (C=S) groups is 1. The lowest BCUT2D eigenvalue weighted by Crippen LogP contribution is -2.29. The van der Waals surface area contributed by atoms with Gasteiger partial charge in [-0.1, -0.05) is 22.0 Å². The van der Waals surface area contributed by atoms with Crippen molar-refractivity contribution in [2.75, 3.05) is 11.5 Å². The molecule has 0 bridgehead atoms. The molecule has 5 rings (SSSR count). The molecule has 1 N–H and O–H groups in total. The largest absolute Gasteiger partial charge is 0.494 e. The molecule has 34 heavy (non-hydrogen) atoms. The first-order valence-corrected chi connectivity index (χ1v) is 12.0. The third kappa shape index (κ3) is 4.31. The Kier molecular flexibility index (Phi) is 6.34. The number of hydrogen-bond acceptors (Lipinski definition) is 4. The van der Waals surface area contributed by atoms with Gasteiger partial charge in [0, 0.05) is 16.4 Å². The number of halogens is 2. The van der Waals surface area contributed by atoms with Gasteiger partial charge in [0.05, 0.1) is 23.9 Å². The highest BCUT2D eigenvalue weighted by molar-refractivity contribution is 9.10. The first kappa shape index (κ1) is 22.6. The number of nitrogens with zero attached hydrogens (tertiary/aromatic N) is 2. The highest BCUT2D eigenvalue weighted by atomic mass is 79.9. The van der Waals surface area contributed by atoms with Crippen LogP contribution in [0.2, 0.25) is 0 Å². The average Bonchev–Trinajstić information content (AvgIpc) is 3.45. The maximum Gasteiger partial charge on any atom is 0.174 e. The SMILES string of the molecule is CCOc1ccc(N2C(=S)NC(c3ccccn3)C2c2ccc(-c3ccc(Br)cc3F)o2)cc1. The fourth-order valence-electron chi connectivity index (χ4n) is 4.14. The molecule has 2 atom stereocenters. The van der Waals surface area contributed by atoms with Crippen molar-refractivity contribution < 1.29 is 13.5 Å². The Morgan fingerprint density at radius 2 is 1.94 bits per heavy atom. The molecule has 8 heteroatoms. The number of aromatic nitrogens is 1. The Balaban J connectivity index is 1.57. The summed E-state index contributed by atoms with van der Waals surface area (Å²) in [5, 5.41) is 3.95. The van der Waals surface area contributed by atoms with Crippen LogP contribution in [0.1, 0.15) is 30.5 Å². The number of hydrogen-bond donors (Lipinski definition) is 1. The molecule has 2 aromatic heterocycles. The number of benzene rings is 2. The maximum atomic E-state index is 14.6. The van der Waals surface area contributed by atoms with Crippen LogP contribution >= 0.6 is 28.1 Å². The summed E-state index contributed by atoms with van der Waals surface area (Å²) in [6.45, 7) is 2.54. The third-order valence-electron chi connectivity index (χ3n) is 5.64. The molecule has 0 amide bonds. The Hall–Kier alpha value is -3.23. The number of ether oxygens (including phenoxy) is 1. The molecule has 0 aliphatic carbocycles. The van der Waals surface area contributed by atoms with E-state index in [4.69, 9.17) is 21.4 Å². The van der Waals surface area contributed by atoms with E-state index in [1.54, 1.807) is 24.4 Å². The van der Waals surface area contributed by atoms with Crippen LogP contribution in [0.5, 0.6) is 5.75 Å². The van der Waals surface area contributed by atoms with Gasteiger partial charge in [-0.05, 0) is 85.9 Å². The standard InChI is InChI=1S/C26H21BrFN3O2S/c1-2-32-18-9-7-17(8-10-18)31-25(24(30-26(31)34)21-5-3-4-14-29-21)23-13-12-22(33-23)19-11-6-16(27)15-20(19)28/h3-15,24-25H,2H2,1H3,(H,30,34). The van der Waals surface area contributed by atoms with Crippen molar-refractivity contribution in [3.8, 4) is 17.1 Å². The van der Waals surface area contributed by atoms with Gasteiger partial charge in [0.1, 0.15) is 29.1 Å². The zero-order chi connectivity index (χ0) is 23.7. The van der Waals surface area contributed by atoms with Gasteiger partial charge in [-0.25, -0.2) is 4.39 Å². The Labute approximate surface area is 210 Å². The van der Waals surface area contributed by atoms with E-state index in [1.807, 2.05) is 60.4 Å². The zero-order valence-electron chi connectivity index (χ0n) is 18.2. The minimum absolute atomic E-state index is 0.256. The van der Waals surface area contributed by atoms with E-state index in [-0.39, 0.29) is 17.9 Å². The van der Waals surface area contributed by atoms with Crippen molar-refractivity contribution in [3.05, 3.63) is 101 Å². The quantitative estimate of drug-likeness (QED) is 0.272. The summed E-state index contributed by atoms with van der Waals surface area (Å²) in [6, 6.07) is 21.5. The minimum Gasteiger partial charge on any atom is -0.494 e. The molecule has 1 aliphatic heterocycles. The van der Waals surface area contributed by atoms with E-state index in [0.29, 0.717) is 33.3 Å². The van der Waals surface area contributed by atoms with Crippen molar-refractivity contribution in [2.24, 2.45) is 0 Å². The zero-order valence-corrected chi connectivity index (χ0v) is 20.6. The predicted molar refractivity (Wildman–Crippen MR) is 137 cm³/mol. The average molecular weight is 538 g/mol. The van der Waals surface area contributed by atoms with Crippen LogP contribution in [0, 0.1) is 5.82 Å². The van der Waals surface area contributed by atoms with Gasteiger partial charge in [-0.3, -0.25) is 4.98 Å². The van der Waals surface area contributed by atoms with E-state index < -0.39 is 0 Å². The molecule has 2 unspecified atom stereocenters. The molecule has 5 nitrogen and oxygen atoms in total. The second-order valence-corrected chi connectivity index (χ2v) is 9.05. The number of nitrogens with one attached hydrogen (secondary N) is 1. The summed E-state index contributed by atoms with van der Waals surface area (Å²) >= 11 is 9.05. The van der Waals surface area contributed by atoms with Crippen LogP contribution in [0.25, 0.3) is 11.3 Å². The summed E-state index contributed by atoms with van der Waals surface area (Å²) in [5.41, 5.74) is 2.11. The highest BCUT2D eigenvalue weighted by Gasteiger charge is 2.42. The van der Waals surface area contributed by atoms with Crippen LogP contribution in [-0.2, 0) is 0 Å². The van der Waals surface area contributed by atoms with Crippen LogP contribution in [0.4, 0.5) is 10.1 Å². The Bertz CT molecular complexity index is 1310. The van der Waals surface area contributed by atoms with Crippen molar-refractivity contribution in [1.29, 1.82) is 0 Å². The Morgan fingerprint density at radius 1 is 1.12 bits per heavy atom. The van der Waals surface area contributed by atoms with Crippen molar-refractivity contribution >= 4 is 38.9 Å². The Morgan fingerprint density at radius 3 is 2.65 bits per heavy atom. The van der Waals surface area contributed by atoms with Crippen LogP contribution in [0.3, 0.4) is 0 Å². The first-order valence-electron chi connectivity index (χ1n) is 10.8. The molecule has 0 spiro atoms. The minimum atomic E-state index is -0.361. The summed E-state index contributed by atoms with van der Waals surface area (Å²) in [7, 11) is 0. The molecule has 172 valence electrons. The van der Waals surface area contributed by atoms with Gasteiger partial charge in [-0.2, -0.15) is 0 Å². The van der Waals surface area contributed by atoms with Gasteiger partial charge in [0.2, 0.25) is 0 Å². The van der Waals surface area contributed by atoms with Gasteiger partial charge < -0.3 is 19.4 Å². The number of rotatable bonds is 6. The molecule has 2 aromatic carbocycles. The van der Waals surface area contributed by atoms with E-state index in [1.165, 1.54) is 6.07 Å². The predicted octanol–water partition coefficient (Wildman–Crippen LogP) is 6.82. The van der Waals surface area contributed by atoms with Gasteiger partial charge in [-0.15, -0.1) is 0 Å². The van der Waals surface area contributed by atoms with Gasteiger partial charge in [0.25, 0.3) is 0 Å². The molecule has 3 heterocycles. The second kappa shape index (κ2) is 9.56. The molecular weight excluding hydrogens is 517 g/mol. The number of pyridine rings is 1. The highest BCUT2D eigenvalue weighted by Crippen LogP contribution is 2.43. The van der Waals surface area contributed by atoms with Crippen LogP contribution in [-0.4, -0.2) is 16.7 Å². The van der Waals surface area contributed by atoms with Gasteiger partial charge >= 0.3 is 0 Å². The van der Waals surface area contributed by atoms with E-state index in [0.717, 1.165) is 17.1 Å². The van der Waals surface area contributed by atoms with Gasteiger partial charge in [0.15, 0.2) is 5.11 Å². The number of furan rings is 1. The fraction of sp³-hybridized carbons (Fsp3) is 0.154. The first-order chi connectivity index (χ1) is 16.5. The molecule has 1 saturated heterocycles. The van der Waals surface area contributed by atoms with E-state index in [9.17, 15) is 4.39 Å². The lowest BCUT2D eigenvalue weighted by molar-refractivity contribution is 0.340. The van der Waals surface area contributed by atoms with Crippen LogP contribution in [0.15, 0.2) is 87.9 Å². The lowest BCUT2D eigenvalue weighted by Gasteiger charge is -2.26. The second-order valence-electron chi connectivity index (χ2n) is 7.75. The monoisotopic (exact) mass is 537 g/mol.